The lowest BCUT2D eigenvalue weighted by molar-refractivity contribution is -0.131. The van der Waals surface area contributed by atoms with Crippen LogP contribution < -0.4 is 10.1 Å². The summed E-state index contributed by atoms with van der Waals surface area (Å²) in [5, 5.41) is 2.93. The molecule has 1 saturated heterocycles. The average Bonchev–Trinajstić information content (AvgIpc) is 2.41. The fraction of sp³-hybridized carbons (Fsp3) is 0.533. The van der Waals surface area contributed by atoms with Gasteiger partial charge < -0.3 is 14.8 Å². The van der Waals surface area contributed by atoms with Crippen LogP contribution in [-0.2, 0) is 16.0 Å². The Kier molecular flexibility index (Phi) is 5.21. The molecule has 1 aliphatic heterocycles. The molecule has 0 saturated carbocycles. The Morgan fingerprint density at radius 3 is 2.84 bits per heavy atom. The number of unbranched alkanes of at least 4 members (excludes halogenated alkanes) is 1. The number of carbonyl (C=O) groups excluding carboxylic acids is 1. The molecule has 0 bridgehead atoms. The molecule has 4 nitrogen and oxygen atoms in total. The molecule has 1 atom stereocenters. The first-order chi connectivity index (χ1) is 9.28. The van der Waals surface area contributed by atoms with E-state index < -0.39 is 0 Å². The highest BCUT2D eigenvalue weighted by Gasteiger charge is 2.18. The predicted octanol–water partition coefficient (Wildman–Crippen LogP) is 1.92. The minimum absolute atomic E-state index is 0.0317. The zero-order chi connectivity index (χ0) is 13.5. The van der Waals surface area contributed by atoms with Gasteiger partial charge in [-0.3, -0.25) is 4.79 Å². The van der Waals surface area contributed by atoms with Gasteiger partial charge in [0.2, 0.25) is 5.91 Å². The van der Waals surface area contributed by atoms with Crippen LogP contribution in [0.2, 0.25) is 0 Å². The Morgan fingerprint density at radius 2 is 2.16 bits per heavy atom. The van der Waals surface area contributed by atoms with Crippen molar-refractivity contribution in [2.24, 2.45) is 0 Å². The second-order valence-corrected chi connectivity index (χ2v) is 4.83. The lowest BCUT2D eigenvalue weighted by Gasteiger charge is -2.23. The normalized spacial score (nSPS) is 19.0. The molecule has 1 unspecified atom stereocenters. The van der Waals surface area contributed by atoms with Gasteiger partial charge in [-0.2, -0.15) is 0 Å². The van der Waals surface area contributed by atoms with E-state index in [1.54, 1.807) is 0 Å². The lowest BCUT2D eigenvalue weighted by Crippen LogP contribution is -2.46. The van der Waals surface area contributed by atoms with Crippen LogP contribution in [-0.4, -0.2) is 31.8 Å². The lowest BCUT2D eigenvalue weighted by atomic mass is 10.1. The van der Waals surface area contributed by atoms with Crippen molar-refractivity contribution in [1.29, 1.82) is 0 Å². The van der Waals surface area contributed by atoms with E-state index in [0.717, 1.165) is 31.6 Å². The third-order valence-corrected chi connectivity index (χ3v) is 3.09. The molecule has 0 radical (unpaired) electrons. The standard InChI is InChI=1S/C15H21NO3/c1-2-3-8-19-14-6-4-12(5-7-14)9-13-10-18-11-15(17)16-13/h4-7,13H,2-3,8-11H2,1H3,(H,16,17). The van der Waals surface area contributed by atoms with Crippen molar-refractivity contribution in [3.63, 3.8) is 0 Å². The minimum atomic E-state index is -0.0317. The van der Waals surface area contributed by atoms with Gasteiger partial charge in [-0.15, -0.1) is 0 Å². The Bertz CT molecular complexity index is 402. The third kappa shape index (κ3) is 4.56. The summed E-state index contributed by atoms with van der Waals surface area (Å²) in [6, 6.07) is 8.13. The molecular formula is C15H21NO3. The van der Waals surface area contributed by atoms with Crippen molar-refractivity contribution < 1.29 is 14.3 Å². The highest BCUT2D eigenvalue weighted by atomic mass is 16.5. The molecule has 0 spiro atoms. The maximum absolute atomic E-state index is 11.2. The van der Waals surface area contributed by atoms with Gasteiger partial charge in [-0.25, -0.2) is 0 Å². The van der Waals surface area contributed by atoms with Gasteiger partial charge in [-0.05, 0) is 30.5 Å². The summed E-state index contributed by atoms with van der Waals surface area (Å²) >= 11 is 0. The smallest absolute Gasteiger partial charge is 0.246 e. The van der Waals surface area contributed by atoms with E-state index in [-0.39, 0.29) is 18.6 Å². The van der Waals surface area contributed by atoms with E-state index in [2.05, 4.69) is 12.2 Å². The van der Waals surface area contributed by atoms with Crippen LogP contribution in [0.1, 0.15) is 25.3 Å². The first-order valence-electron chi connectivity index (χ1n) is 6.87. The monoisotopic (exact) mass is 263 g/mol. The van der Waals surface area contributed by atoms with Gasteiger partial charge in [0.05, 0.1) is 19.3 Å². The minimum Gasteiger partial charge on any atom is -0.494 e. The number of nitrogens with one attached hydrogen (secondary N) is 1. The van der Waals surface area contributed by atoms with Crippen molar-refractivity contribution in [1.82, 2.24) is 5.32 Å². The maximum atomic E-state index is 11.2. The topological polar surface area (TPSA) is 47.6 Å². The molecule has 4 heteroatoms. The molecule has 1 aromatic carbocycles. The highest BCUT2D eigenvalue weighted by molar-refractivity contribution is 5.78. The predicted molar refractivity (Wildman–Crippen MR) is 73.3 cm³/mol. The van der Waals surface area contributed by atoms with Crippen molar-refractivity contribution in [2.45, 2.75) is 32.2 Å². The summed E-state index contributed by atoms with van der Waals surface area (Å²) in [6.07, 6.45) is 3.01. The molecule has 1 amide bonds. The number of hydrogen-bond donors (Lipinski definition) is 1. The first-order valence-corrected chi connectivity index (χ1v) is 6.87. The van der Waals surface area contributed by atoms with E-state index in [0.29, 0.717) is 6.61 Å². The quantitative estimate of drug-likeness (QED) is 0.798. The van der Waals surface area contributed by atoms with Crippen LogP contribution >= 0.6 is 0 Å². The fourth-order valence-electron chi connectivity index (χ4n) is 2.06. The van der Waals surface area contributed by atoms with Crippen molar-refractivity contribution in [3.8, 4) is 5.75 Å². The molecule has 104 valence electrons. The number of hydrogen-bond acceptors (Lipinski definition) is 3. The molecule has 19 heavy (non-hydrogen) atoms. The van der Waals surface area contributed by atoms with Crippen LogP contribution in [0.25, 0.3) is 0 Å². The molecule has 1 aliphatic rings. The first kappa shape index (κ1) is 13.9. The van der Waals surface area contributed by atoms with Crippen LogP contribution in [0.3, 0.4) is 0 Å². The Labute approximate surface area is 114 Å². The zero-order valence-electron chi connectivity index (χ0n) is 11.4. The number of ether oxygens (including phenoxy) is 2. The van der Waals surface area contributed by atoms with E-state index >= 15 is 0 Å². The summed E-state index contributed by atoms with van der Waals surface area (Å²) in [4.78, 5) is 11.2. The Hall–Kier alpha value is -1.55. The van der Waals surface area contributed by atoms with Crippen LogP contribution in [0, 0.1) is 0 Å². The van der Waals surface area contributed by atoms with Gasteiger partial charge in [0.1, 0.15) is 12.4 Å². The number of carbonyl (C=O) groups is 1. The molecule has 0 aliphatic carbocycles. The third-order valence-electron chi connectivity index (χ3n) is 3.09. The van der Waals surface area contributed by atoms with E-state index in [4.69, 9.17) is 9.47 Å². The van der Waals surface area contributed by atoms with Gasteiger partial charge in [0.15, 0.2) is 0 Å². The van der Waals surface area contributed by atoms with Crippen molar-refractivity contribution >= 4 is 5.91 Å². The highest BCUT2D eigenvalue weighted by Crippen LogP contribution is 2.14. The number of rotatable bonds is 6. The van der Waals surface area contributed by atoms with E-state index in [1.807, 2.05) is 24.3 Å². The second-order valence-electron chi connectivity index (χ2n) is 4.83. The largest absolute Gasteiger partial charge is 0.494 e. The molecule has 2 rings (SSSR count). The Morgan fingerprint density at radius 1 is 1.37 bits per heavy atom. The Balaban J connectivity index is 1.82. The number of benzene rings is 1. The van der Waals surface area contributed by atoms with Gasteiger partial charge >= 0.3 is 0 Å². The SMILES string of the molecule is CCCCOc1ccc(CC2COCC(=O)N2)cc1. The average molecular weight is 263 g/mol. The summed E-state index contributed by atoms with van der Waals surface area (Å²) in [5.41, 5.74) is 1.18. The van der Waals surface area contributed by atoms with Crippen LogP contribution in [0.15, 0.2) is 24.3 Å². The molecule has 1 fully saturated rings. The van der Waals surface area contributed by atoms with E-state index in [9.17, 15) is 4.79 Å². The molecule has 1 aromatic rings. The van der Waals surface area contributed by atoms with Gasteiger partial charge in [0, 0.05) is 0 Å². The van der Waals surface area contributed by atoms with Crippen LogP contribution in [0.5, 0.6) is 5.75 Å². The number of morpholine rings is 1. The molecule has 1 heterocycles. The van der Waals surface area contributed by atoms with Crippen LogP contribution in [0.4, 0.5) is 0 Å². The fourth-order valence-corrected chi connectivity index (χ4v) is 2.06. The van der Waals surface area contributed by atoms with Gasteiger partial charge in [0.25, 0.3) is 0 Å². The summed E-state index contributed by atoms with van der Waals surface area (Å²) in [7, 11) is 0. The summed E-state index contributed by atoms with van der Waals surface area (Å²) in [6.45, 7) is 3.68. The van der Waals surface area contributed by atoms with Crippen molar-refractivity contribution in [3.05, 3.63) is 29.8 Å². The molecular weight excluding hydrogens is 242 g/mol. The maximum Gasteiger partial charge on any atom is 0.246 e. The molecule has 1 N–H and O–H groups in total. The van der Waals surface area contributed by atoms with E-state index in [1.165, 1.54) is 5.56 Å². The van der Waals surface area contributed by atoms with Crippen molar-refractivity contribution in [2.75, 3.05) is 19.8 Å². The second kappa shape index (κ2) is 7.14. The summed E-state index contributed by atoms with van der Waals surface area (Å²) < 4.78 is 10.8. The number of amides is 1. The zero-order valence-corrected chi connectivity index (χ0v) is 11.4. The summed E-state index contributed by atoms with van der Waals surface area (Å²) in [5.74, 6) is 0.872. The molecule has 0 aromatic heterocycles. The van der Waals surface area contributed by atoms with Gasteiger partial charge in [-0.1, -0.05) is 25.5 Å².